The van der Waals surface area contributed by atoms with Crippen molar-refractivity contribution in [2.24, 2.45) is 10.8 Å². The van der Waals surface area contributed by atoms with Gasteiger partial charge in [-0.2, -0.15) is 0 Å². The van der Waals surface area contributed by atoms with Gasteiger partial charge in [-0.3, -0.25) is 4.79 Å². The normalized spacial score (nSPS) is 25.8. The van der Waals surface area contributed by atoms with Gasteiger partial charge in [0.2, 0.25) is 0 Å². The zero-order valence-electron chi connectivity index (χ0n) is 19.9. The molecule has 0 amide bonds. The number of fused-ring (bicyclic) bond motifs is 1. The Labute approximate surface area is 203 Å². The lowest BCUT2D eigenvalue weighted by atomic mass is 9.34. The van der Waals surface area contributed by atoms with E-state index >= 15 is 0 Å². The Morgan fingerprint density at radius 2 is 1.97 bits per heavy atom. The van der Waals surface area contributed by atoms with E-state index in [0.717, 1.165) is 55.1 Å². The number of nitrogens with one attached hydrogen (secondary N) is 1. The molecule has 0 radical (unpaired) electrons. The molecule has 4 fully saturated rings. The number of benzene rings is 2. The van der Waals surface area contributed by atoms with E-state index in [1.807, 2.05) is 24.3 Å². The molecule has 1 aliphatic heterocycles. The summed E-state index contributed by atoms with van der Waals surface area (Å²) in [6, 6.07) is 9.14. The summed E-state index contributed by atoms with van der Waals surface area (Å²) in [7, 11) is 0. The maximum atomic E-state index is 14.2. The summed E-state index contributed by atoms with van der Waals surface area (Å²) in [5.41, 5.74) is 11.9. The Kier molecular flexibility index (Phi) is 4.87. The molecule has 0 atom stereocenters. The van der Waals surface area contributed by atoms with Crippen molar-refractivity contribution >= 4 is 28.8 Å². The zero-order valence-corrected chi connectivity index (χ0v) is 19.9. The molecule has 2 aromatic carbocycles. The van der Waals surface area contributed by atoms with Crippen molar-refractivity contribution in [1.29, 1.82) is 5.41 Å². The fraction of sp³-hybridized carbons (Fsp3) is 0.429. The molecule has 3 saturated carbocycles. The third-order valence-electron chi connectivity index (χ3n) is 8.63. The van der Waals surface area contributed by atoms with E-state index in [4.69, 9.17) is 15.9 Å². The molecule has 0 unspecified atom stereocenters. The fourth-order valence-electron chi connectivity index (χ4n) is 6.99. The number of halogens is 1. The molecule has 1 aromatic heterocycles. The monoisotopic (exact) mass is 475 g/mol. The van der Waals surface area contributed by atoms with Crippen LogP contribution in [0.25, 0.3) is 16.6 Å². The Hall–Kier alpha value is -3.19. The minimum absolute atomic E-state index is 0.0190. The van der Waals surface area contributed by atoms with Gasteiger partial charge in [0.15, 0.2) is 0 Å². The van der Waals surface area contributed by atoms with Crippen molar-refractivity contribution < 1.29 is 19.0 Å². The second kappa shape index (κ2) is 7.65. The number of nitrogens with zero attached hydrogens (tertiary/aromatic N) is 1. The van der Waals surface area contributed by atoms with Crippen molar-refractivity contribution in [1.82, 2.24) is 4.57 Å². The van der Waals surface area contributed by atoms with Crippen LogP contribution in [0.3, 0.4) is 0 Å². The number of aromatic nitrogens is 1. The lowest BCUT2D eigenvalue weighted by molar-refractivity contribution is -0.222. The first-order valence-electron chi connectivity index (χ1n) is 12.3. The predicted octanol–water partition coefficient (Wildman–Crippen LogP) is 5.35. The standard InChI is InChI=1S/C28H30FN3O3/c1-16-8-19(2-3-22(16)29)32-24-9-18(12-30)23(31)10-20(24)21(25(32)17-4-6-35-7-5-17)11-27-13-28(14-27,15-27)26(33)34/h2-3,8-10,12,17,30H,4-7,11,13-15,31H2,1H3,(H,33,34). The predicted molar refractivity (Wildman–Crippen MR) is 133 cm³/mol. The molecule has 3 aliphatic carbocycles. The number of aryl methyl sites for hydroxylation is 1. The number of nitrogen functional groups attached to an aromatic ring is 1. The number of nitrogens with two attached hydrogens (primary N) is 1. The molecule has 1 saturated heterocycles. The van der Waals surface area contributed by atoms with Gasteiger partial charge in [-0.25, -0.2) is 4.39 Å². The molecule has 2 heterocycles. The molecule has 2 bridgehead atoms. The summed E-state index contributed by atoms with van der Waals surface area (Å²) in [6.45, 7) is 3.15. The van der Waals surface area contributed by atoms with Crippen molar-refractivity contribution in [2.45, 2.75) is 51.4 Å². The number of hydrogen-bond acceptors (Lipinski definition) is 4. The van der Waals surface area contributed by atoms with Gasteiger partial charge in [0, 0.05) is 53.4 Å². The van der Waals surface area contributed by atoms with E-state index in [0.29, 0.717) is 30.0 Å². The average Bonchev–Trinajstić information content (AvgIpc) is 3.09. The zero-order chi connectivity index (χ0) is 24.5. The maximum Gasteiger partial charge on any atom is 0.309 e. The van der Waals surface area contributed by atoms with Crippen LogP contribution in [0, 0.1) is 29.0 Å². The first-order chi connectivity index (χ1) is 16.8. The van der Waals surface area contributed by atoms with E-state index in [1.54, 1.807) is 6.92 Å². The second-order valence-corrected chi connectivity index (χ2v) is 11.0. The highest BCUT2D eigenvalue weighted by Crippen LogP contribution is 2.74. The number of aliphatic carboxylic acids is 1. The molecule has 0 spiro atoms. The van der Waals surface area contributed by atoms with Crippen LogP contribution in [0.2, 0.25) is 0 Å². The third-order valence-corrected chi connectivity index (χ3v) is 8.63. The Morgan fingerprint density at radius 1 is 1.26 bits per heavy atom. The van der Waals surface area contributed by atoms with Crippen molar-refractivity contribution in [3.63, 3.8) is 0 Å². The third kappa shape index (κ3) is 3.24. The highest BCUT2D eigenvalue weighted by atomic mass is 19.1. The van der Waals surface area contributed by atoms with Crippen LogP contribution in [0.15, 0.2) is 30.3 Å². The van der Waals surface area contributed by atoms with E-state index in [2.05, 4.69) is 4.57 Å². The molecule has 182 valence electrons. The van der Waals surface area contributed by atoms with Gasteiger partial charge in [0.05, 0.1) is 10.9 Å². The molecule has 7 rings (SSSR count). The van der Waals surface area contributed by atoms with Gasteiger partial charge in [-0.05, 0) is 92.3 Å². The van der Waals surface area contributed by atoms with Crippen LogP contribution < -0.4 is 5.73 Å². The lowest BCUT2D eigenvalue weighted by Gasteiger charge is -2.68. The van der Waals surface area contributed by atoms with Crippen LogP contribution in [0.5, 0.6) is 0 Å². The molecule has 4 aliphatic rings. The van der Waals surface area contributed by atoms with Crippen LogP contribution in [0.4, 0.5) is 10.1 Å². The number of anilines is 1. The minimum Gasteiger partial charge on any atom is -0.481 e. The highest BCUT2D eigenvalue weighted by Gasteiger charge is 2.71. The minimum atomic E-state index is -0.673. The Bertz CT molecular complexity index is 1370. The topological polar surface area (TPSA) is 101 Å². The Morgan fingerprint density at radius 3 is 2.60 bits per heavy atom. The summed E-state index contributed by atoms with van der Waals surface area (Å²) in [5.74, 6) is -0.648. The number of carboxylic acids is 1. The average molecular weight is 476 g/mol. The molecule has 4 N–H and O–H groups in total. The fourth-order valence-corrected chi connectivity index (χ4v) is 6.99. The SMILES string of the molecule is Cc1cc(-n2c(C3CCOCC3)c(CC34CC(C(=O)O)(C3)C4)c3cc(N)c(C=N)cc32)ccc1F. The summed E-state index contributed by atoms with van der Waals surface area (Å²) in [6.07, 6.45) is 6.02. The van der Waals surface area contributed by atoms with Crippen molar-refractivity contribution in [2.75, 3.05) is 18.9 Å². The number of ether oxygens (including phenoxy) is 1. The van der Waals surface area contributed by atoms with Gasteiger partial charge < -0.3 is 25.6 Å². The van der Waals surface area contributed by atoms with Crippen molar-refractivity contribution in [3.05, 3.63) is 58.5 Å². The largest absolute Gasteiger partial charge is 0.481 e. The second-order valence-electron chi connectivity index (χ2n) is 11.0. The maximum absolute atomic E-state index is 14.2. The van der Waals surface area contributed by atoms with E-state index in [1.165, 1.54) is 23.5 Å². The van der Waals surface area contributed by atoms with Crippen molar-refractivity contribution in [3.8, 4) is 5.69 Å². The summed E-state index contributed by atoms with van der Waals surface area (Å²) < 4.78 is 22.1. The van der Waals surface area contributed by atoms with E-state index < -0.39 is 11.4 Å². The van der Waals surface area contributed by atoms with E-state index in [-0.39, 0.29) is 17.2 Å². The molecular formula is C28H30FN3O3. The van der Waals surface area contributed by atoms with Gasteiger partial charge in [-0.1, -0.05) is 0 Å². The summed E-state index contributed by atoms with van der Waals surface area (Å²) in [4.78, 5) is 11.7. The van der Waals surface area contributed by atoms with Crippen LogP contribution >= 0.6 is 0 Å². The summed E-state index contributed by atoms with van der Waals surface area (Å²) in [5, 5.41) is 18.6. The molecule has 6 nitrogen and oxygen atoms in total. The first kappa shape index (κ1) is 22.3. The van der Waals surface area contributed by atoms with Crippen LogP contribution in [-0.4, -0.2) is 35.1 Å². The van der Waals surface area contributed by atoms with Gasteiger partial charge >= 0.3 is 5.97 Å². The molecule has 7 heteroatoms. The van der Waals surface area contributed by atoms with E-state index in [9.17, 15) is 14.3 Å². The smallest absolute Gasteiger partial charge is 0.309 e. The first-order valence-corrected chi connectivity index (χ1v) is 12.3. The van der Waals surface area contributed by atoms with Gasteiger partial charge in [0.1, 0.15) is 5.82 Å². The molecule has 35 heavy (non-hydrogen) atoms. The number of carboxylic acid groups (broad SMARTS) is 1. The highest BCUT2D eigenvalue weighted by molar-refractivity contribution is 5.98. The quantitative estimate of drug-likeness (QED) is 0.330. The lowest BCUT2D eigenvalue weighted by Crippen LogP contribution is -2.66. The number of hydrogen-bond donors (Lipinski definition) is 3. The molecular weight excluding hydrogens is 445 g/mol. The molecule has 3 aromatic rings. The van der Waals surface area contributed by atoms with Crippen LogP contribution in [-0.2, 0) is 16.0 Å². The van der Waals surface area contributed by atoms with Gasteiger partial charge in [-0.15, -0.1) is 0 Å². The summed E-state index contributed by atoms with van der Waals surface area (Å²) >= 11 is 0. The van der Waals surface area contributed by atoms with Crippen LogP contribution in [0.1, 0.15) is 60.4 Å². The van der Waals surface area contributed by atoms with Gasteiger partial charge in [0.25, 0.3) is 0 Å². The number of rotatable bonds is 6. The number of carbonyl (C=O) groups is 1. The Balaban J connectivity index is 1.58.